The number of aliphatic hydroxyl groups is 1. The minimum absolute atomic E-state index is 0.0292. The standard InChI is InChI=1S/C21H19FN6O2/c1-4-27-11-13-6-17(14(21(2,3)30)7-16(13)26-27)25-20(29)19-8-15(22)18-5-12(9-23)10-24-28(18)19/h5-8,10-11,30H,4H2,1-3H3,(H,25,29). The van der Waals surface area contributed by atoms with Crippen molar-refractivity contribution in [2.24, 2.45) is 0 Å². The van der Waals surface area contributed by atoms with Crippen molar-refractivity contribution in [3.05, 3.63) is 59.3 Å². The van der Waals surface area contributed by atoms with Gasteiger partial charge in [-0.15, -0.1) is 0 Å². The van der Waals surface area contributed by atoms with Gasteiger partial charge in [0.15, 0.2) is 5.82 Å². The molecule has 0 bridgehead atoms. The molecule has 4 rings (SSSR count). The van der Waals surface area contributed by atoms with Crippen molar-refractivity contribution in [3.8, 4) is 6.07 Å². The summed E-state index contributed by atoms with van der Waals surface area (Å²) >= 11 is 0. The molecule has 1 aromatic carbocycles. The molecule has 30 heavy (non-hydrogen) atoms. The van der Waals surface area contributed by atoms with Crippen LogP contribution in [0.1, 0.15) is 42.4 Å². The van der Waals surface area contributed by atoms with Gasteiger partial charge in [0, 0.05) is 35.4 Å². The lowest BCUT2D eigenvalue weighted by atomic mass is 9.95. The van der Waals surface area contributed by atoms with Gasteiger partial charge < -0.3 is 10.4 Å². The van der Waals surface area contributed by atoms with Crippen LogP contribution in [-0.2, 0) is 12.1 Å². The Kier molecular flexibility index (Phi) is 4.51. The molecule has 0 fully saturated rings. The zero-order chi connectivity index (χ0) is 21.6. The van der Waals surface area contributed by atoms with Crippen LogP contribution >= 0.6 is 0 Å². The lowest BCUT2D eigenvalue weighted by Gasteiger charge is -2.22. The molecule has 0 aliphatic heterocycles. The van der Waals surface area contributed by atoms with Crippen molar-refractivity contribution in [1.29, 1.82) is 5.26 Å². The van der Waals surface area contributed by atoms with Gasteiger partial charge in [-0.1, -0.05) is 0 Å². The lowest BCUT2D eigenvalue weighted by molar-refractivity contribution is 0.0793. The Bertz CT molecular complexity index is 1340. The van der Waals surface area contributed by atoms with Gasteiger partial charge in [0.1, 0.15) is 17.3 Å². The fourth-order valence-electron chi connectivity index (χ4n) is 3.35. The van der Waals surface area contributed by atoms with Gasteiger partial charge in [-0.25, -0.2) is 8.91 Å². The van der Waals surface area contributed by atoms with Crippen molar-refractivity contribution < 1.29 is 14.3 Å². The molecule has 0 atom stereocenters. The summed E-state index contributed by atoms with van der Waals surface area (Å²) in [6.45, 7) is 5.86. The van der Waals surface area contributed by atoms with Crippen molar-refractivity contribution in [2.45, 2.75) is 32.9 Å². The van der Waals surface area contributed by atoms with E-state index in [1.807, 2.05) is 19.2 Å². The largest absolute Gasteiger partial charge is 0.386 e. The maximum Gasteiger partial charge on any atom is 0.274 e. The minimum Gasteiger partial charge on any atom is -0.386 e. The van der Waals surface area contributed by atoms with E-state index in [0.717, 1.165) is 16.0 Å². The van der Waals surface area contributed by atoms with Gasteiger partial charge in [0.25, 0.3) is 5.91 Å². The number of carbonyl (C=O) groups excluding carboxylic acids is 1. The van der Waals surface area contributed by atoms with E-state index >= 15 is 0 Å². The smallest absolute Gasteiger partial charge is 0.274 e. The van der Waals surface area contributed by atoms with Crippen LogP contribution in [0.15, 0.2) is 36.7 Å². The van der Waals surface area contributed by atoms with Crippen LogP contribution in [0.3, 0.4) is 0 Å². The van der Waals surface area contributed by atoms with Crippen molar-refractivity contribution in [2.75, 3.05) is 5.32 Å². The first-order chi connectivity index (χ1) is 14.2. The van der Waals surface area contributed by atoms with Gasteiger partial charge in [-0.2, -0.15) is 15.5 Å². The second-order valence-electron chi connectivity index (χ2n) is 7.49. The highest BCUT2D eigenvalue weighted by atomic mass is 19.1. The van der Waals surface area contributed by atoms with Crippen LogP contribution in [0.4, 0.5) is 10.1 Å². The summed E-state index contributed by atoms with van der Waals surface area (Å²) < 4.78 is 17.2. The van der Waals surface area contributed by atoms with E-state index < -0.39 is 17.3 Å². The van der Waals surface area contributed by atoms with E-state index in [1.165, 1.54) is 12.3 Å². The van der Waals surface area contributed by atoms with Crippen molar-refractivity contribution >= 4 is 28.0 Å². The van der Waals surface area contributed by atoms with E-state index in [0.29, 0.717) is 23.3 Å². The van der Waals surface area contributed by atoms with Gasteiger partial charge in [0.2, 0.25) is 0 Å². The highest BCUT2D eigenvalue weighted by molar-refractivity contribution is 6.05. The van der Waals surface area contributed by atoms with Gasteiger partial charge >= 0.3 is 0 Å². The number of carbonyl (C=O) groups is 1. The number of halogens is 1. The highest BCUT2D eigenvalue weighted by Gasteiger charge is 2.24. The first kappa shape index (κ1) is 19.5. The monoisotopic (exact) mass is 406 g/mol. The third-order valence-electron chi connectivity index (χ3n) is 4.85. The number of benzene rings is 1. The second kappa shape index (κ2) is 6.93. The zero-order valence-electron chi connectivity index (χ0n) is 16.6. The van der Waals surface area contributed by atoms with Gasteiger partial charge in [-0.05, 0) is 39.0 Å². The molecule has 0 aliphatic carbocycles. The quantitative estimate of drug-likeness (QED) is 0.541. The summed E-state index contributed by atoms with van der Waals surface area (Å²) in [6.07, 6.45) is 3.10. The summed E-state index contributed by atoms with van der Waals surface area (Å²) in [4.78, 5) is 13.0. The van der Waals surface area contributed by atoms with Crippen LogP contribution in [0, 0.1) is 17.1 Å². The van der Waals surface area contributed by atoms with Crippen LogP contribution in [0.5, 0.6) is 0 Å². The SMILES string of the molecule is CCn1cc2cc(NC(=O)c3cc(F)c4cc(C#N)cnn34)c(C(C)(C)O)cc2n1. The third kappa shape index (κ3) is 3.27. The first-order valence-electron chi connectivity index (χ1n) is 9.34. The van der Waals surface area contributed by atoms with Crippen LogP contribution in [0.2, 0.25) is 0 Å². The van der Waals surface area contributed by atoms with Crippen LogP contribution in [-0.4, -0.2) is 30.4 Å². The molecule has 0 saturated heterocycles. The topological polar surface area (TPSA) is 108 Å². The molecule has 3 aromatic heterocycles. The molecule has 0 unspecified atom stereocenters. The molecule has 0 spiro atoms. The Balaban J connectivity index is 1.79. The minimum atomic E-state index is -1.25. The fourth-order valence-corrected chi connectivity index (χ4v) is 3.35. The molecular weight excluding hydrogens is 387 g/mol. The maximum absolute atomic E-state index is 14.3. The van der Waals surface area contributed by atoms with E-state index in [9.17, 15) is 14.3 Å². The molecule has 2 N–H and O–H groups in total. The van der Waals surface area contributed by atoms with Gasteiger partial charge in [-0.3, -0.25) is 9.48 Å². The zero-order valence-corrected chi connectivity index (χ0v) is 16.6. The van der Waals surface area contributed by atoms with Crippen molar-refractivity contribution in [3.63, 3.8) is 0 Å². The Morgan fingerprint density at radius 3 is 2.77 bits per heavy atom. The normalized spacial score (nSPS) is 11.7. The average Bonchev–Trinajstić information content (AvgIpc) is 3.26. The molecule has 8 nitrogen and oxygen atoms in total. The molecule has 152 valence electrons. The van der Waals surface area contributed by atoms with Crippen LogP contribution < -0.4 is 5.32 Å². The van der Waals surface area contributed by atoms with E-state index in [4.69, 9.17) is 5.26 Å². The maximum atomic E-state index is 14.3. The molecule has 3 heterocycles. The highest BCUT2D eigenvalue weighted by Crippen LogP contribution is 2.32. The fraction of sp³-hybridized carbons (Fsp3) is 0.238. The summed E-state index contributed by atoms with van der Waals surface area (Å²) in [5.41, 5.74) is 0.496. The first-order valence-corrected chi connectivity index (χ1v) is 9.34. The Morgan fingerprint density at radius 2 is 2.10 bits per heavy atom. The number of fused-ring (bicyclic) bond motifs is 2. The predicted octanol–water partition coefficient (Wildman–Crippen LogP) is 3.19. The van der Waals surface area contributed by atoms with Crippen molar-refractivity contribution in [1.82, 2.24) is 19.4 Å². The summed E-state index contributed by atoms with van der Waals surface area (Å²) in [5.74, 6) is -1.26. The summed E-state index contributed by atoms with van der Waals surface area (Å²) in [6, 6.07) is 7.74. The number of amides is 1. The predicted molar refractivity (Wildman–Crippen MR) is 108 cm³/mol. The Morgan fingerprint density at radius 1 is 1.33 bits per heavy atom. The van der Waals surface area contributed by atoms with E-state index in [2.05, 4.69) is 15.5 Å². The average molecular weight is 406 g/mol. The number of rotatable bonds is 4. The molecule has 0 radical (unpaired) electrons. The number of aromatic nitrogens is 4. The number of aryl methyl sites for hydroxylation is 1. The van der Waals surface area contributed by atoms with Crippen LogP contribution in [0.25, 0.3) is 16.4 Å². The molecular formula is C21H19FN6O2. The second-order valence-corrected chi connectivity index (χ2v) is 7.49. The molecule has 9 heteroatoms. The number of nitrogens with zero attached hydrogens (tertiary/aromatic N) is 5. The molecule has 0 saturated carbocycles. The molecule has 1 amide bonds. The lowest BCUT2D eigenvalue weighted by Crippen LogP contribution is -2.22. The Labute approximate surface area is 171 Å². The van der Waals surface area contributed by atoms with E-state index in [1.54, 1.807) is 30.7 Å². The number of nitriles is 1. The number of hydrogen-bond donors (Lipinski definition) is 2. The number of hydrogen-bond acceptors (Lipinski definition) is 5. The van der Waals surface area contributed by atoms with Gasteiger partial charge in [0.05, 0.1) is 22.9 Å². The molecule has 0 aliphatic rings. The number of anilines is 1. The number of nitrogens with one attached hydrogen (secondary N) is 1. The summed E-state index contributed by atoms with van der Waals surface area (Å²) in [5, 5.41) is 31.6. The van der Waals surface area contributed by atoms with E-state index in [-0.39, 0.29) is 16.8 Å². The third-order valence-corrected chi connectivity index (χ3v) is 4.85. The Hall–Kier alpha value is -3.77. The molecule has 4 aromatic rings. The summed E-state index contributed by atoms with van der Waals surface area (Å²) in [7, 11) is 0.